The Morgan fingerprint density at radius 2 is 1.56 bits per heavy atom. The van der Waals surface area contributed by atoms with Gasteiger partial charge in [-0.3, -0.25) is 4.79 Å². The summed E-state index contributed by atoms with van der Waals surface area (Å²) in [5, 5.41) is 3.08. The van der Waals surface area contributed by atoms with Crippen LogP contribution in [0.15, 0.2) is 36.4 Å². The van der Waals surface area contributed by atoms with Crippen LogP contribution in [0.25, 0.3) is 0 Å². The van der Waals surface area contributed by atoms with Gasteiger partial charge in [0.1, 0.15) is 5.75 Å². The summed E-state index contributed by atoms with van der Waals surface area (Å²) in [4.78, 5) is 12.6. The summed E-state index contributed by atoms with van der Waals surface area (Å²) in [5.41, 5.74) is 5.98. The fraction of sp³-hybridized carbons (Fsp3) is 0.409. The highest BCUT2D eigenvalue weighted by Crippen LogP contribution is 2.20. The molecule has 2 aromatic rings. The molecular weight excluding hydrogens is 310 g/mol. The molecule has 0 aliphatic rings. The van der Waals surface area contributed by atoms with E-state index in [0.29, 0.717) is 6.42 Å². The summed E-state index contributed by atoms with van der Waals surface area (Å²) in [6, 6.07) is 12.2. The van der Waals surface area contributed by atoms with Crippen molar-refractivity contribution in [1.82, 2.24) is 5.32 Å². The molecule has 1 amide bonds. The Labute approximate surface area is 151 Å². The molecule has 0 radical (unpaired) electrons. The molecule has 134 valence electrons. The summed E-state index contributed by atoms with van der Waals surface area (Å²) in [6.07, 6.45) is 0.134. The van der Waals surface area contributed by atoms with Crippen LogP contribution >= 0.6 is 0 Å². The Bertz CT molecular complexity index is 752. The number of amides is 1. The molecule has 2 aromatic carbocycles. The number of carbonyl (C=O) groups excluding carboxylic acids is 1. The summed E-state index contributed by atoms with van der Waals surface area (Å²) < 4.78 is 5.93. The van der Waals surface area contributed by atoms with Gasteiger partial charge in [-0.05, 0) is 81.0 Å². The molecule has 0 heterocycles. The maximum Gasteiger partial charge on any atom is 0.261 e. The predicted octanol–water partition coefficient (Wildman–Crippen LogP) is 4.96. The van der Waals surface area contributed by atoms with Gasteiger partial charge in [0, 0.05) is 0 Å². The SMILES string of the molecule is CCC(Oc1ccc(C)c(C)c1)C(=O)NC(C)c1ccc(C)c(C)c1. The molecule has 2 atom stereocenters. The van der Waals surface area contributed by atoms with Crippen molar-refractivity contribution in [3.63, 3.8) is 0 Å². The number of nitrogens with one attached hydrogen (secondary N) is 1. The summed E-state index contributed by atoms with van der Waals surface area (Å²) in [6.45, 7) is 12.3. The van der Waals surface area contributed by atoms with Gasteiger partial charge in [-0.1, -0.05) is 31.2 Å². The fourth-order valence-electron chi connectivity index (χ4n) is 2.70. The van der Waals surface area contributed by atoms with Crippen molar-refractivity contribution in [2.75, 3.05) is 0 Å². The van der Waals surface area contributed by atoms with Gasteiger partial charge in [-0.25, -0.2) is 0 Å². The Hall–Kier alpha value is -2.29. The lowest BCUT2D eigenvalue weighted by Crippen LogP contribution is -2.39. The van der Waals surface area contributed by atoms with Crippen LogP contribution in [0.5, 0.6) is 5.75 Å². The van der Waals surface area contributed by atoms with Gasteiger partial charge >= 0.3 is 0 Å². The highest BCUT2D eigenvalue weighted by atomic mass is 16.5. The number of ether oxygens (including phenoxy) is 1. The van der Waals surface area contributed by atoms with Gasteiger partial charge in [0.15, 0.2) is 6.10 Å². The van der Waals surface area contributed by atoms with Crippen LogP contribution in [0, 0.1) is 27.7 Å². The Kier molecular flexibility index (Phi) is 6.24. The molecule has 1 N–H and O–H groups in total. The molecule has 0 saturated heterocycles. The van der Waals surface area contributed by atoms with Gasteiger partial charge in [0.05, 0.1) is 6.04 Å². The van der Waals surface area contributed by atoms with E-state index in [9.17, 15) is 4.79 Å². The Morgan fingerprint density at radius 1 is 0.960 bits per heavy atom. The third-order valence-electron chi connectivity index (χ3n) is 4.81. The zero-order chi connectivity index (χ0) is 18.6. The predicted molar refractivity (Wildman–Crippen MR) is 103 cm³/mol. The van der Waals surface area contributed by atoms with E-state index < -0.39 is 6.10 Å². The lowest BCUT2D eigenvalue weighted by molar-refractivity contribution is -0.128. The topological polar surface area (TPSA) is 38.3 Å². The van der Waals surface area contributed by atoms with E-state index in [4.69, 9.17) is 4.74 Å². The Balaban J connectivity index is 2.05. The van der Waals surface area contributed by atoms with Gasteiger partial charge in [-0.2, -0.15) is 0 Å². The van der Waals surface area contributed by atoms with E-state index in [1.807, 2.05) is 39.0 Å². The minimum Gasteiger partial charge on any atom is -0.481 e. The molecule has 0 aromatic heterocycles. The Morgan fingerprint density at radius 3 is 2.12 bits per heavy atom. The number of carbonyl (C=O) groups is 1. The maximum atomic E-state index is 12.6. The van der Waals surface area contributed by atoms with Crippen LogP contribution < -0.4 is 10.1 Å². The van der Waals surface area contributed by atoms with Crippen molar-refractivity contribution in [3.8, 4) is 5.75 Å². The van der Waals surface area contributed by atoms with Crippen molar-refractivity contribution in [2.45, 2.75) is 60.1 Å². The van der Waals surface area contributed by atoms with Crippen molar-refractivity contribution >= 4 is 5.91 Å². The highest BCUT2D eigenvalue weighted by Gasteiger charge is 2.21. The van der Waals surface area contributed by atoms with Crippen molar-refractivity contribution in [3.05, 3.63) is 64.2 Å². The van der Waals surface area contributed by atoms with Gasteiger partial charge in [0.2, 0.25) is 0 Å². The van der Waals surface area contributed by atoms with E-state index in [0.717, 1.165) is 16.9 Å². The van der Waals surface area contributed by atoms with Crippen molar-refractivity contribution < 1.29 is 9.53 Å². The first-order valence-corrected chi connectivity index (χ1v) is 8.93. The molecule has 0 aliphatic carbocycles. The first kappa shape index (κ1) is 19.0. The molecule has 3 nitrogen and oxygen atoms in total. The minimum absolute atomic E-state index is 0.0517. The third-order valence-corrected chi connectivity index (χ3v) is 4.81. The molecule has 0 bridgehead atoms. The molecule has 25 heavy (non-hydrogen) atoms. The molecule has 0 spiro atoms. The number of benzene rings is 2. The number of hydrogen-bond donors (Lipinski definition) is 1. The summed E-state index contributed by atoms with van der Waals surface area (Å²) in [5.74, 6) is 0.662. The molecule has 0 saturated carbocycles. The first-order valence-electron chi connectivity index (χ1n) is 8.93. The highest BCUT2D eigenvalue weighted by molar-refractivity contribution is 5.81. The zero-order valence-corrected chi connectivity index (χ0v) is 16.1. The second-order valence-electron chi connectivity index (χ2n) is 6.83. The van der Waals surface area contributed by atoms with Crippen LogP contribution in [0.1, 0.15) is 54.1 Å². The van der Waals surface area contributed by atoms with Crippen LogP contribution in [0.3, 0.4) is 0 Å². The molecule has 3 heteroatoms. The van der Waals surface area contributed by atoms with E-state index in [-0.39, 0.29) is 11.9 Å². The van der Waals surface area contributed by atoms with E-state index in [1.54, 1.807) is 0 Å². The molecular formula is C22H29NO2. The number of aryl methyl sites for hydroxylation is 4. The molecule has 2 unspecified atom stereocenters. The second-order valence-corrected chi connectivity index (χ2v) is 6.83. The van der Waals surface area contributed by atoms with Gasteiger partial charge in [-0.15, -0.1) is 0 Å². The fourth-order valence-corrected chi connectivity index (χ4v) is 2.70. The number of rotatable bonds is 6. The smallest absolute Gasteiger partial charge is 0.261 e. The third kappa shape index (κ3) is 4.85. The minimum atomic E-state index is -0.490. The molecule has 0 fully saturated rings. The van der Waals surface area contributed by atoms with Gasteiger partial charge < -0.3 is 10.1 Å². The monoisotopic (exact) mass is 339 g/mol. The number of hydrogen-bond acceptors (Lipinski definition) is 2. The molecule has 0 aliphatic heterocycles. The lowest BCUT2D eigenvalue weighted by atomic mass is 10.0. The standard InChI is InChI=1S/C22H29NO2/c1-7-21(25-20-11-9-15(3)17(5)13-20)22(24)23-18(6)19-10-8-14(2)16(4)12-19/h8-13,18,21H,7H2,1-6H3,(H,23,24). The van der Waals surface area contributed by atoms with Crippen LogP contribution in [0.2, 0.25) is 0 Å². The molecule has 2 rings (SSSR count). The average Bonchev–Trinajstić information content (AvgIpc) is 2.58. The van der Waals surface area contributed by atoms with Crippen LogP contribution in [-0.4, -0.2) is 12.0 Å². The van der Waals surface area contributed by atoms with E-state index in [2.05, 4.69) is 44.3 Å². The maximum absolute atomic E-state index is 12.6. The van der Waals surface area contributed by atoms with Crippen molar-refractivity contribution in [2.24, 2.45) is 0 Å². The van der Waals surface area contributed by atoms with E-state index in [1.165, 1.54) is 16.7 Å². The first-order chi connectivity index (χ1) is 11.8. The zero-order valence-electron chi connectivity index (χ0n) is 16.1. The second kappa shape index (κ2) is 8.19. The largest absolute Gasteiger partial charge is 0.481 e. The lowest BCUT2D eigenvalue weighted by Gasteiger charge is -2.21. The van der Waals surface area contributed by atoms with Gasteiger partial charge in [0.25, 0.3) is 5.91 Å². The van der Waals surface area contributed by atoms with Crippen molar-refractivity contribution in [1.29, 1.82) is 0 Å². The van der Waals surface area contributed by atoms with Crippen LogP contribution in [0.4, 0.5) is 0 Å². The average molecular weight is 339 g/mol. The van der Waals surface area contributed by atoms with E-state index >= 15 is 0 Å². The quantitative estimate of drug-likeness (QED) is 0.808. The van der Waals surface area contributed by atoms with Crippen LogP contribution in [-0.2, 0) is 4.79 Å². The summed E-state index contributed by atoms with van der Waals surface area (Å²) in [7, 11) is 0. The summed E-state index contributed by atoms with van der Waals surface area (Å²) >= 11 is 0. The normalized spacial score (nSPS) is 13.2.